The summed E-state index contributed by atoms with van der Waals surface area (Å²) in [7, 11) is 0. The van der Waals surface area contributed by atoms with Crippen molar-refractivity contribution in [3.8, 4) is 0 Å². The van der Waals surface area contributed by atoms with Crippen LogP contribution in [0.1, 0.15) is 41.2 Å². The number of rotatable bonds is 6. The average Bonchev–Trinajstić information content (AvgIpc) is 2.78. The molecule has 0 spiro atoms. The summed E-state index contributed by atoms with van der Waals surface area (Å²) in [6.07, 6.45) is 1.97. The Hall–Kier alpha value is -0.540. The first-order valence-corrected chi connectivity index (χ1v) is 7.32. The second kappa shape index (κ2) is 6.41. The van der Waals surface area contributed by atoms with Crippen molar-refractivity contribution in [1.82, 2.24) is 5.32 Å². The lowest BCUT2D eigenvalue weighted by molar-refractivity contribution is 0.0936. The topological polar surface area (TPSA) is 29.1 Å². The molecule has 0 bridgehead atoms. The SMILES string of the molecule is CCC(CC)(CCl)CNC(=O)c1ccc(C)s1. The second-order valence-electron chi connectivity index (χ2n) is 4.43. The standard InChI is InChI=1S/C13H20ClNOS/c1-4-13(5-2,8-14)9-15-12(16)11-7-6-10(3)17-11/h6-7H,4-5,8-9H2,1-3H3,(H,15,16). The Labute approximate surface area is 112 Å². The number of hydrogen-bond acceptors (Lipinski definition) is 2. The van der Waals surface area contributed by atoms with E-state index in [0.717, 1.165) is 22.6 Å². The summed E-state index contributed by atoms with van der Waals surface area (Å²) in [4.78, 5) is 13.8. The zero-order valence-corrected chi connectivity index (χ0v) is 12.3. The summed E-state index contributed by atoms with van der Waals surface area (Å²) in [5.41, 5.74) is 0.0313. The molecule has 0 radical (unpaired) electrons. The molecule has 0 fully saturated rings. The number of hydrogen-bond donors (Lipinski definition) is 1. The first-order chi connectivity index (χ1) is 8.06. The van der Waals surface area contributed by atoms with Gasteiger partial charge in [-0.25, -0.2) is 0 Å². The van der Waals surface area contributed by atoms with Crippen LogP contribution in [0.2, 0.25) is 0 Å². The molecular weight excluding hydrogens is 254 g/mol. The molecule has 0 aromatic carbocycles. The van der Waals surface area contributed by atoms with E-state index < -0.39 is 0 Å². The number of carbonyl (C=O) groups excluding carboxylic acids is 1. The van der Waals surface area contributed by atoms with Gasteiger partial charge in [-0.15, -0.1) is 22.9 Å². The molecule has 96 valence electrons. The summed E-state index contributed by atoms with van der Waals surface area (Å²) in [6, 6.07) is 3.84. The van der Waals surface area contributed by atoms with Crippen LogP contribution in [0.15, 0.2) is 12.1 Å². The molecule has 0 saturated carbocycles. The predicted octanol–water partition coefficient (Wildman–Crippen LogP) is 3.83. The van der Waals surface area contributed by atoms with Crippen LogP contribution in [0.25, 0.3) is 0 Å². The van der Waals surface area contributed by atoms with Crippen LogP contribution in [0.4, 0.5) is 0 Å². The van der Waals surface area contributed by atoms with Gasteiger partial charge in [0, 0.05) is 22.7 Å². The number of nitrogens with one attached hydrogen (secondary N) is 1. The van der Waals surface area contributed by atoms with Crippen LogP contribution < -0.4 is 5.32 Å². The quantitative estimate of drug-likeness (QED) is 0.784. The maximum atomic E-state index is 11.9. The van der Waals surface area contributed by atoms with Crippen molar-refractivity contribution in [3.05, 3.63) is 21.9 Å². The van der Waals surface area contributed by atoms with E-state index in [4.69, 9.17) is 11.6 Å². The molecule has 1 aromatic rings. The van der Waals surface area contributed by atoms with Gasteiger partial charge in [0.05, 0.1) is 4.88 Å². The molecule has 17 heavy (non-hydrogen) atoms. The van der Waals surface area contributed by atoms with Gasteiger partial charge in [-0.05, 0) is 31.9 Å². The monoisotopic (exact) mass is 273 g/mol. The van der Waals surface area contributed by atoms with Crippen molar-refractivity contribution in [2.24, 2.45) is 5.41 Å². The van der Waals surface area contributed by atoms with Crippen molar-refractivity contribution in [2.75, 3.05) is 12.4 Å². The lowest BCUT2D eigenvalue weighted by Crippen LogP contribution is -2.38. The molecule has 0 aliphatic rings. The highest BCUT2D eigenvalue weighted by molar-refractivity contribution is 7.13. The van der Waals surface area contributed by atoms with E-state index in [0.29, 0.717) is 12.4 Å². The zero-order chi connectivity index (χ0) is 12.9. The van der Waals surface area contributed by atoms with E-state index in [9.17, 15) is 4.79 Å². The molecular formula is C13H20ClNOS. The van der Waals surface area contributed by atoms with Crippen molar-refractivity contribution in [3.63, 3.8) is 0 Å². The Morgan fingerprint density at radius 1 is 1.41 bits per heavy atom. The summed E-state index contributed by atoms with van der Waals surface area (Å²) >= 11 is 7.53. The average molecular weight is 274 g/mol. The van der Waals surface area contributed by atoms with Crippen molar-refractivity contribution < 1.29 is 4.79 Å². The number of carbonyl (C=O) groups is 1. The Kier molecular flexibility index (Phi) is 5.47. The number of amides is 1. The Morgan fingerprint density at radius 2 is 2.06 bits per heavy atom. The molecule has 0 unspecified atom stereocenters. The van der Waals surface area contributed by atoms with Gasteiger partial charge in [0.2, 0.25) is 0 Å². The summed E-state index contributed by atoms with van der Waals surface area (Å²) < 4.78 is 0. The van der Waals surface area contributed by atoms with Crippen LogP contribution in [-0.4, -0.2) is 18.3 Å². The molecule has 1 aromatic heterocycles. The van der Waals surface area contributed by atoms with Gasteiger partial charge in [0.15, 0.2) is 0 Å². The van der Waals surface area contributed by atoms with Gasteiger partial charge in [0.25, 0.3) is 5.91 Å². The van der Waals surface area contributed by atoms with E-state index in [1.807, 2.05) is 19.1 Å². The Morgan fingerprint density at radius 3 is 2.47 bits per heavy atom. The minimum Gasteiger partial charge on any atom is -0.351 e. The molecule has 1 heterocycles. The Balaban J connectivity index is 2.58. The van der Waals surface area contributed by atoms with E-state index in [-0.39, 0.29) is 11.3 Å². The van der Waals surface area contributed by atoms with Gasteiger partial charge < -0.3 is 5.32 Å². The van der Waals surface area contributed by atoms with Gasteiger partial charge in [-0.1, -0.05) is 13.8 Å². The second-order valence-corrected chi connectivity index (χ2v) is 5.99. The molecule has 0 atom stereocenters. The van der Waals surface area contributed by atoms with Gasteiger partial charge in [-0.2, -0.15) is 0 Å². The fourth-order valence-corrected chi connectivity index (χ4v) is 2.90. The lowest BCUT2D eigenvalue weighted by Gasteiger charge is -2.29. The van der Waals surface area contributed by atoms with E-state index >= 15 is 0 Å². The third-order valence-corrected chi connectivity index (χ3v) is 4.94. The van der Waals surface area contributed by atoms with Crippen molar-refractivity contribution in [1.29, 1.82) is 0 Å². The van der Waals surface area contributed by atoms with E-state index in [1.54, 1.807) is 0 Å². The van der Waals surface area contributed by atoms with Gasteiger partial charge in [0.1, 0.15) is 0 Å². The summed E-state index contributed by atoms with van der Waals surface area (Å²) in [6.45, 7) is 6.89. The van der Waals surface area contributed by atoms with Crippen molar-refractivity contribution >= 4 is 28.8 Å². The lowest BCUT2D eigenvalue weighted by atomic mass is 9.84. The highest BCUT2D eigenvalue weighted by Crippen LogP contribution is 2.27. The molecule has 1 N–H and O–H groups in total. The minimum absolute atomic E-state index is 0.0134. The third-order valence-electron chi connectivity index (χ3n) is 3.37. The van der Waals surface area contributed by atoms with Crippen LogP contribution in [0, 0.1) is 12.3 Å². The molecule has 2 nitrogen and oxygen atoms in total. The van der Waals surface area contributed by atoms with Crippen LogP contribution >= 0.6 is 22.9 Å². The largest absolute Gasteiger partial charge is 0.351 e. The minimum atomic E-state index is 0.0134. The van der Waals surface area contributed by atoms with Crippen LogP contribution in [0.5, 0.6) is 0 Å². The first kappa shape index (κ1) is 14.5. The molecule has 4 heteroatoms. The fourth-order valence-electron chi connectivity index (χ4n) is 1.65. The number of alkyl halides is 1. The predicted molar refractivity (Wildman–Crippen MR) is 75.1 cm³/mol. The maximum Gasteiger partial charge on any atom is 0.261 e. The molecule has 0 aliphatic carbocycles. The smallest absolute Gasteiger partial charge is 0.261 e. The Bertz CT molecular complexity index is 363. The third kappa shape index (κ3) is 3.71. The zero-order valence-electron chi connectivity index (χ0n) is 10.7. The highest BCUT2D eigenvalue weighted by Gasteiger charge is 2.25. The van der Waals surface area contributed by atoms with E-state index in [2.05, 4.69) is 19.2 Å². The van der Waals surface area contributed by atoms with Crippen molar-refractivity contribution in [2.45, 2.75) is 33.6 Å². The summed E-state index contributed by atoms with van der Waals surface area (Å²) in [5.74, 6) is 0.600. The number of halogens is 1. The number of thiophene rings is 1. The molecule has 0 aliphatic heterocycles. The van der Waals surface area contributed by atoms with Crippen LogP contribution in [-0.2, 0) is 0 Å². The van der Waals surface area contributed by atoms with Gasteiger partial charge >= 0.3 is 0 Å². The van der Waals surface area contributed by atoms with E-state index in [1.165, 1.54) is 11.3 Å². The first-order valence-electron chi connectivity index (χ1n) is 5.97. The normalized spacial score (nSPS) is 11.5. The maximum absolute atomic E-state index is 11.9. The molecule has 1 amide bonds. The fraction of sp³-hybridized carbons (Fsp3) is 0.615. The number of aryl methyl sites for hydroxylation is 1. The van der Waals surface area contributed by atoms with Gasteiger partial charge in [-0.3, -0.25) is 4.79 Å². The van der Waals surface area contributed by atoms with Crippen LogP contribution in [0.3, 0.4) is 0 Å². The highest BCUT2D eigenvalue weighted by atomic mass is 35.5. The molecule has 1 rings (SSSR count). The summed E-state index contributed by atoms with van der Waals surface area (Å²) in [5, 5.41) is 2.99. The molecule has 0 saturated heterocycles.